The Hall–Kier alpha value is -0.303. The van der Waals surface area contributed by atoms with Gasteiger partial charge in [-0.1, -0.05) is 57.3 Å². The van der Waals surface area contributed by atoms with Gasteiger partial charge >= 0.3 is 0 Å². The third-order valence-electron chi connectivity index (χ3n) is 2.56. The number of rotatable bonds is 1. The zero-order valence-electron chi connectivity index (χ0n) is 9.78. The van der Waals surface area contributed by atoms with Gasteiger partial charge in [-0.25, -0.2) is 0 Å². The second-order valence-corrected chi connectivity index (χ2v) is 11.0. The molecule has 1 rings (SSSR count). The topological polar surface area (TPSA) is 0 Å². The Morgan fingerprint density at radius 3 is 2.00 bits per heavy atom. The zero-order chi connectivity index (χ0) is 10.3. The molecule has 0 nitrogen and oxygen atoms in total. The number of hydrogen-bond donors (Lipinski definition) is 0. The van der Waals surface area contributed by atoms with Gasteiger partial charge in [-0.3, -0.25) is 0 Å². The van der Waals surface area contributed by atoms with E-state index in [-0.39, 0.29) is 0 Å². The summed E-state index contributed by atoms with van der Waals surface area (Å²) in [6.07, 6.45) is 6.99. The van der Waals surface area contributed by atoms with Crippen LogP contribution < -0.4 is 0 Å². The SMILES string of the molecule is CC(C)(C)C1=CC([Si](C)(C)C)=[C]C1. The van der Waals surface area contributed by atoms with Crippen molar-refractivity contribution in [3.63, 3.8) is 0 Å². The average Bonchev–Trinajstić information content (AvgIpc) is 2.28. The molecule has 0 atom stereocenters. The number of hydrogen-bond acceptors (Lipinski definition) is 0. The van der Waals surface area contributed by atoms with Crippen LogP contribution in [-0.4, -0.2) is 8.07 Å². The quantitative estimate of drug-likeness (QED) is 0.553. The van der Waals surface area contributed by atoms with Crippen molar-refractivity contribution in [2.24, 2.45) is 5.41 Å². The van der Waals surface area contributed by atoms with Crippen molar-refractivity contribution in [3.05, 3.63) is 22.9 Å². The van der Waals surface area contributed by atoms with E-state index in [2.05, 4.69) is 52.6 Å². The molecule has 1 aliphatic carbocycles. The highest BCUT2D eigenvalue weighted by Crippen LogP contribution is 2.35. The van der Waals surface area contributed by atoms with Gasteiger partial charge < -0.3 is 0 Å². The Labute approximate surface area is 83.7 Å². The Morgan fingerprint density at radius 1 is 1.23 bits per heavy atom. The normalized spacial score (nSPS) is 18.6. The maximum absolute atomic E-state index is 3.54. The van der Waals surface area contributed by atoms with Crippen molar-refractivity contribution >= 4 is 8.07 Å². The van der Waals surface area contributed by atoms with Crippen LogP contribution in [0.15, 0.2) is 16.8 Å². The van der Waals surface area contributed by atoms with E-state index in [1.54, 1.807) is 5.57 Å². The molecule has 0 aromatic rings. The molecule has 1 radical (unpaired) electrons. The molecule has 13 heavy (non-hydrogen) atoms. The fourth-order valence-electron chi connectivity index (χ4n) is 1.43. The summed E-state index contributed by atoms with van der Waals surface area (Å²) in [6, 6.07) is 0. The molecule has 73 valence electrons. The molecule has 0 unspecified atom stereocenters. The van der Waals surface area contributed by atoms with Crippen molar-refractivity contribution in [3.8, 4) is 0 Å². The van der Waals surface area contributed by atoms with E-state index in [9.17, 15) is 0 Å². The third kappa shape index (κ3) is 2.57. The Kier molecular flexibility index (Phi) is 2.59. The monoisotopic (exact) mass is 193 g/mol. The van der Waals surface area contributed by atoms with Crippen LogP contribution in [0.5, 0.6) is 0 Å². The largest absolute Gasteiger partial charge is 0.0779 e. The van der Waals surface area contributed by atoms with Gasteiger partial charge in [0.15, 0.2) is 0 Å². The van der Waals surface area contributed by atoms with Crippen LogP contribution >= 0.6 is 0 Å². The molecule has 1 aliphatic rings. The second kappa shape index (κ2) is 3.12. The van der Waals surface area contributed by atoms with Crippen molar-refractivity contribution in [2.75, 3.05) is 0 Å². The van der Waals surface area contributed by atoms with Crippen molar-refractivity contribution in [1.82, 2.24) is 0 Å². The maximum atomic E-state index is 3.54. The lowest BCUT2D eigenvalue weighted by molar-refractivity contribution is 0.495. The molecule has 0 aromatic heterocycles. The Morgan fingerprint density at radius 2 is 1.77 bits per heavy atom. The third-order valence-corrected chi connectivity index (χ3v) is 4.50. The van der Waals surface area contributed by atoms with Crippen LogP contribution in [-0.2, 0) is 0 Å². The van der Waals surface area contributed by atoms with E-state index in [1.165, 1.54) is 5.20 Å². The summed E-state index contributed by atoms with van der Waals surface area (Å²) in [7, 11) is -1.12. The van der Waals surface area contributed by atoms with Gasteiger partial charge in [-0.2, -0.15) is 0 Å². The summed E-state index contributed by atoms with van der Waals surface area (Å²) in [5.41, 5.74) is 1.87. The van der Waals surface area contributed by atoms with E-state index >= 15 is 0 Å². The van der Waals surface area contributed by atoms with Crippen LogP contribution in [0, 0.1) is 11.5 Å². The standard InChI is InChI=1S/C12H21Si/c1-12(2,3)10-7-8-11(9-10)13(4,5)6/h9H,7H2,1-6H3. The first-order chi connectivity index (χ1) is 5.71. The van der Waals surface area contributed by atoms with Gasteiger partial charge in [-0.05, 0) is 17.9 Å². The molecule has 0 saturated carbocycles. The summed E-state index contributed by atoms with van der Waals surface area (Å²) in [4.78, 5) is 0. The molecule has 0 aromatic carbocycles. The minimum absolute atomic E-state index is 0.328. The summed E-state index contributed by atoms with van der Waals surface area (Å²) in [6.45, 7) is 14.0. The van der Waals surface area contributed by atoms with E-state index < -0.39 is 8.07 Å². The predicted octanol–water partition coefficient (Wildman–Crippen LogP) is 3.97. The van der Waals surface area contributed by atoms with Gasteiger partial charge in [0.05, 0.1) is 8.07 Å². The fraction of sp³-hybridized carbons (Fsp3) is 0.667. The highest BCUT2D eigenvalue weighted by atomic mass is 28.3. The first-order valence-corrected chi connectivity index (χ1v) is 8.53. The molecular weight excluding hydrogens is 172 g/mol. The van der Waals surface area contributed by atoms with E-state index in [4.69, 9.17) is 0 Å². The summed E-state index contributed by atoms with van der Waals surface area (Å²) < 4.78 is 0. The van der Waals surface area contributed by atoms with Gasteiger partial charge in [-0.15, -0.1) is 0 Å². The first kappa shape index (κ1) is 10.8. The molecule has 0 saturated heterocycles. The smallest absolute Gasteiger partial charge is 0.0656 e. The number of allylic oxidation sites excluding steroid dienone is 4. The molecule has 0 N–H and O–H groups in total. The average molecular weight is 193 g/mol. The molecule has 0 fully saturated rings. The lowest BCUT2D eigenvalue weighted by atomic mass is 9.86. The highest BCUT2D eigenvalue weighted by Gasteiger charge is 2.26. The molecular formula is C12H21Si. The maximum Gasteiger partial charge on any atom is 0.0779 e. The predicted molar refractivity (Wildman–Crippen MR) is 62.3 cm³/mol. The van der Waals surface area contributed by atoms with Gasteiger partial charge in [0.2, 0.25) is 0 Å². The van der Waals surface area contributed by atoms with Crippen LogP contribution in [0.1, 0.15) is 27.2 Å². The lowest BCUT2D eigenvalue weighted by Crippen LogP contribution is -2.22. The van der Waals surface area contributed by atoms with Crippen LogP contribution in [0.3, 0.4) is 0 Å². The summed E-state index contributed by atoms with van der Waals surface area (Å²) in [5, 5.41) is 1.51. The molecule has 1 heteroatoms. The van der Waals surface area contributed by atoms with E-state index in [1.807, 2.05) is 0 Å². The molecule has 0 amide bonds. The van der Waals surface area contributed by atoms with E-state index in [0.29, 0.717) is 5.41 Å². The van der Waals surface area contributed by atoms with Crippen molar-refractivity contribution in [1.29, 1.82) is 0 Å². The fourth-order valence-corrected chi connectivity index (χ4v) is 2.66. The Bertz CT molecular complexity index is 256. The van der Waals surface area contributed by atoms with Gasteiger partial charge in [0.1, 0.15) is 0 Å². The highest BCUT2D eigenvalue weighted by molar-refractivity contribution is 6.83. The lowest BCUT2D eigenvalue weighted by Gasteiger charge is -2.20. The second-order valence-electron chi connectivity index (χ2n) is 5.94. The Balaban J connectivity index is 2.84. The first-order valence-electron chi connectivity index (χ1n) is 5.03. The van der Waals surface area contributed by atoms with Crippen LogP contribution in [0.2, 0.25) is 19.6 Å². The van der Waals surface area contributed by atoms with Crippen LogP contribution in [0.4, 0.5) is 0 Å². The minimum Gasteiger partial charge on any atom is -0.0656 e. The van der Waals surface area contributed by atoms with E-state index in [0.717, 1.165) is 6.42 Å². The van der Waals surface area contributed by atoms with Gasteiger partial charge in [0, 0.05) is 0 Å². The molecule has 0 bridgehead atoms. The van der Waals surface area contributed by atoms with Gasteiger partial charge in [0.25, 0.3) is 0 Å². The molecule has 0 spiro atoms. The summed E-state index contributed by atoms with van der Waals surface area (Å²) >= 11 is 0. The minimum atomic E-state index is -1.12. The zero-order valence-corrected chi connectivity index (χ0v) is 10.8. The van der Waals surface area contributed by atoms with Crippen LogP contribution in [0.25, 0.3) is 0 Å². The van der Waals surface area contributed by atoms with Crippen molar-refractivity contribution in [2.45, 2.75) is 46.8 Å². The van der Waals surface area contributed by atoms with Crippen molar-refractivity contribution < 1.29 is 0 Å². The summed E-state index contributed by atoms with van der Waals surface area (Å²) in [5.74, 6) is 0. The molecule has 0 heterocycles. The molecule has 0 aliphatic heterocycles.